The Hall–Kier alpha value is -3.62. The number of nitrogens with one attached hydrogen (secondary N) is 1. The highest BCUT2D eigenvalue weighted by atomic mass is 35.5. The molecule has 7 rings (SSSR count). The number of pyridine rings is 1. The average molecular weight is 631 g/mol. The van der Waals surface area contributed by atoms with Gasteiger partial charge in [-0.25, -0.2) is 9.78 Å². The Morgan fingerprint density at radius 2 is 1.64 bits per heavy atom. The summed E-state index contributed by atoms with van der Waals surface area (Å²) in [6, 6.07) is 17.2. The lowest BCUT2D eigenvalue weighted by Crippen LogP contribution is -2.70. The number of anilines is 1. The van der Waals surface area contributed by atoms with Crippen molar-refractivity contribution < 1.29 is 19.4 Å². The van der Waals surface area contributed by atoms with Gasteiger partial charge < -0.3 is 25.0 Å². The van der Waals surface area contributed by atoms with Crippen LogP contribution in [0.2, 0.25) is 5.02 Å². The number of aromatic nitrogens is 1. The Kier molecular flexibility index (Phi) is 8.81. The minimum atomic E-state index is -1.25. The number of halogens is 1. The van der Waals surface area contributed by atoms with Gasteiger partial charge in [-0.05, 0) is 107 Å². The van der Waals surface area contributed by atoms with E-state index in [-0.39, 0.29) is 17.5 Å². The third-order valence-corrected chi connectivity index (χ3v) is 10.4. The largest absolute Gasteiger partial charge is 0.492 e. The van der Waals surface area contributed by atoms with E-state index in [9.17, 15) is 14.7 Å². The van der Waals surface area contributed by atoms with E-state index in [1.165, 1.54) is 6.42 Å². The number of nitrogens with zero attached hydrogens (tertiary/aromatic N) is 3. The number of para-hydroxylation sites is 1. The molecular weight excluding hydrogens is 588 g/mol. The summed E-state index contributed by atoms with van der Waals surface area (Å²) >= 11 is 6.56. The molecule has 0 spiro atoms. The van der Waals surface area contributed by atoms with Crippen molar-refractivity contribution in [3.05, 3.63) is 65.3 Å². The number of carboxylic acid groups (broad SMARTS) is 1. The maximum atomic E-state index is 14.0. The van der Waals surface area contributed by atoms with Crippen LogP contribution in [-0.2, 0) is 4.79 Å². The predicted octanol–water partition coefficient (Wildman–Crippen LogP) is 6.47. The van der Waals surface area contributed by atoms with Crippen LogP contribution in [0.3, 0.4) is 0 Å². The van der Waals surface area contributed by atoms with E-state index < -0.39 is 17.4 Å². The van der Waals surface area contributed by atoms with Crippen molar-refractivity contribution in [1.82, 2.24) is 15.2 Å². The molecule has 9 heteroatoms. The van der Waals surface area contributed by atoms with Gasteiger partial charge in [-0.3, -0.25) is 4.79 Å². The Balaban J connectivity index is 1.39. The zero-order chi connectivity index (χ0) is 31.9. The van der Waals surface area contributed by atoms with Crippen molar-refractivity contribution in [2.24, 2.45) is 23.7 Å². The molecule has 0 atom stereocenters. The quantitative estimate of drug-likeness (QED) is 0.234. The summed E-state index contributed by atoms with van der Waals surface area (Å²) in [5, 5.41) is 14.2. The Morgan fingerprint density at radius 1 is 0.956 bits per heavy atom. The van der Waals surface area contributed by atoms with Crippen LogP contribution in [0.1, 0.15) is 49.0 Å². The fraction of sp³-hybridized carbons (Fsp3) is 0.472. The molecule has 1 amide bonds. The van der Waals surface area contributed by atoms with Gasteiger partial charge >= 0.3 is 5.97 Å². The van der Waals surface area contributed by atoms with E-state index in [1.807, 2.05) is 75.6 Å². The van der Waals surface area contributed by atoms with Crippen LogP contribution in [0, 0.1) is 23.7 Å². The Labute approximate surface area is 270 Å². The zero-order valence-corrected chi connectivity index (χ0v) is 27.3. The molecule has 8 nitrogen and oxygen atoms in total. The molecule has 4 aliphatic carbocycles. The van der Waals surface area contributed by atoms with Crippen molar-refractivity contribution in [2.75, 3.05) is 46.2 Å². The summed E-state index contributed by atoms with van der Waals surface area (Å²) in [5.41, 5.74) is 3.10. The van der Waals surface area contributed by atoms with E-state index in [0.29, 0.717) is 34.9 Å². The smallest absolute Gasteiger partial charge is 0.330 e. The number of aliphatic carboxylic acids is 1. The lowest BCUT2D eigenvalue weighted by Gasteiger charge is -2.59. The lowest BCUT2D eigenvalue weighted by atomic mass is 9.48. The predicted molar refractivity (Wildman–Crippen MR) is 178 cm³/mol. The van der Waals surface area contributed by atoms with Crippen molar-refractivity contribution in [2.45, 2.75) is 44.1 Å². The summed E-state index contributed by atoms with van der Waals surface area (Å²) in [6.07, 6.45) is 5.49. The Bertz CT molecular complexity index is 1560. The van der Waals surface area contributed by atoms with Gasteiger partial charge in [-0.2, -0.15) is 0 Å². The van der Waals surface area contributed by atoms with Gasteiger partial charge in [0, 0.05) is 43.0 Å². The zero-order valence-electron chi connectivity index (χ0n) is 26.6. The van der Waals surface area contributed by atoms with Gasteiger partial charge in [0.1, 0.15) is 17.0 Å². The van der Waals surface area contributed by atoms with Crippen LogP contribution < -0.4 is 15.0 Å². The van der Waals surface area contributed by atoms with Crippen molar-refractivity contribution in [3.8, 4) is 28.1 Å². The molecule has 0 unspecified atom stereocenters. The van der Waals surface area contributed by atoms with Crippen LogP contribution in [0.5, 0.6) is 5.75 Å². The number of ether oxygens (including phenoxy) is 1. The summed E-state index contributed by atoms with van der Waals surface area (Å²) in [4.78, 5) is 36.1. The van der Waals surface area contributed by atoms with Gasteiger partial charge in [0.25, 0.3) is 5.91 Å². The summed E-state index contributed by atoms with van der Waals surface area (Å²) in [7, 11) is 8.03. The molecule has 1 aromatic heterocycles. The highest BCUT2D eigenvalue weighted by Crippen LogP contribution is 2.58. The number of carbonyl (C=O) groups is 2. The van der Waals surface area contributed by atoms with Crippen LogP contribution in [0.15, 0.2) is 54.6 Å². The van der Waals surface area contributed by atoms with E-state index in [1.54, 1.807) is 12.1 Å². The lowest BCUT2D eigenvalue weighted by molar-refractivity contribution is -0.163. The van der Waals surface area contributed by atoms with Crippen LogP contribution in [-0.4, -0.2) is 73.7 Å². The number of benzene rings is 2. The van der Waals surface area contributed by atoms with Gasteiger partial charge in [-0.15, -0.1) is 0 Å². The SMILES string of the molecule is CN(C)CCCOc1cc(-c2nc(C(=O)NC3(C(=O)O)C4CC5CC(C4)CC3C5)ccc2-c2ccccc2N(C)C)ccc1Cl. The van der Waals surface area contributed by atoms with E-state index in [4.69, 9.17) is 21.3 Å². The average Bonchev–Trinajstić information content (AvgIpc) is 3.01. The highest BCUT2D eigenvalue weighted by Gasteiger charge is 2.62. The van der Waals surface area contributed by atoms with Gasteiger partial charge in [0.15, 0.2) is 0 Å². The van der Waals surface area contributed by atoms with Crippen molar-refractivity contribution in [3.63, 3.8) is 0 Å². The summed E-state index contributed by atoms with van der Waals surface area (Å²) in [6.45, 7) is 1.40. The molecule has 2 N–H and O–H groups in total. The molecule has 0 radical (unpaired) electrons. The number of amides is 1. The van der Waals surface area contributed by atoms with E-state index >= 15 is 0 Å². The molecule has 0 aliphatic heterocycles. The van der Waals surface area contributed by atoms with Crippen molar-refractivity contribution in [1.29, 1.82) is 0 Å². The minimum absolute atomic E-state index is 0.0515. The van der Waals surface area contributed by atoms with Gasteiger partial charge in [0.2, 0.25) is 0 Å². The topological polar surface area (TPSA) is 95.0 Å². The van der Waals surface area contributed by atoms with Crippen LogP contribution >= 0.6 is 11.6 Å². The molecule has 2 aromatic carbocycles. The van der Waals surface area contributed by atoms with E-state index in [0.717, 1.165) is 61.0 Å². The second-order valence-electron chi connectivity index (χ2n) is 13.6. The maximum absolute atomic E-state index is 14.0. The Morgan fingerprint density at radius 3 is 2.29 bits per heavy atom. The molecule has 4 fully saturated rings. The number of hydrogen-bond acceptors (Lipinski definition) is 6. The molecule has 45 heavy (non-hydrogen) atoms. The first-order valence-corrected chi connectivity index (χ1v) is 16.4. The number of carboxylic acids is 1. The number of carbonyl (C=O) groups excluding carboxylic acids is 1. The maximum Gasteiger partial charge on any atom is 0.330 e. The molecule has 3 aromatic rings. The summed E-state index contributed by atoms with van der Waals surface area (Å²) in [5.74, 6) is 0.218. The first-order chi connectivity index (χ1) is 21.6. The van der Waals surface area contributed by atoms with E-state index in [2.05, 4.69) is 10.2 Å². The first-order valence-electron chi connectivity index (χ1n) is 16.0. The van der Waals surface area contributed by atoms with Gasteiger partial charge in [0.05, 0.1) is 17.3 Å². The first kappa shape index (κ1) is 31.4. The third-order valence-electron chi connectivity index (χ3n) is 10.1. The van der Waals surface area contributed by atoms with Gasteiger partial charge in [-0.1, -0.05) is 35.9 Å². The monoisotopic (exact) mass is 630 g/mol. The number of rotatable bonds is 11. The molecule has 0 saturated heterocycles. The normalized spacial score (nSPS) is 24.9. The van der Waals surface area contributed by atoms with Crippen molar-refractivity contribution >= 4 is 29.2 Å². The highest BCUT2D eigenvalue weighted by molar-refractivity contribution is 6.32. The third kappa shape index (κ3) is 6.02. The molecule has 4 aliphatic rings. The molecule has 1 heterocycles. The summed E-state index contributed by atoms with van der Waals surface area (Å²) < 4.78 is 6.09. The van der Waals surface area contributed by atoms with Crippen LogP contribution in [0.4, 0.5) is 5.69 Å². The second kappa shape index (κ2) is 12.6. The van der Waals surface area contributed by atoms with Crippen LogP contribution in [0.25, 0.3) is 22.4 Å². The standard InChI is InChI=1S/C36H43ClN4O4/c1-40(2)14-7-15-45-32-21-24(10-12-29(32)37)33-28(27-8-5-6-9-31(27)41(3)4)11-13-30(38-33)34(42)39-36(35(43)44)25-17-22-16-23(19-25)20-26(36)18-22/h5-6,8-13,21-23,25-26H,7,14-20H2,1-4H3,(H,39,42)(H,43,44). The molecular formula is C36H43ClN4O4. The molecule has 4 saturated carbocycles. The molecule has 4 bridgehead atoms. The minimum Gasteiger partial charge on any atom is -0.492 e. The fourth-order valence-corrected chi connectivity index (χ4v) is 8.40. The number of hydrogen-bond donors (Lipinski definition) is 2. The fourth-order valence-electron chi connectivity index (χ4n) is 8.22. The second-order valence-corrected chi connectivity index (χ2v) is 14.0. The molecule has 238 valence electrons.